The summed E-state index contributed by atoms with van der Waals surface area (Å²) in [7, 11) is 1.55. The summed E-state index contributed by atoms with van der Waals surface area (Å²) < 4.78 is 54.5. The summed E-state index contributed by atoms with van der Waals surface area (Å²) in [4.78, 5) is 0. The quantitative estimate of drug-likeness (QED) is 0.240. The van der Waals surface area contributed by atoms with Gasteiger partial charge in [0.1, 0.15) is 11.6 Å². The lowest BCUT2D eigenvalue weighted by molar-refractivity contribution is 0.134. The number of hydrogen-bond donors (Lipinski definition) is 0. The minimum Gasteiger partial charge on any atom is -0.497 e. The standard InChI is InChI=1S/C30H25F3O2/c1-3-35-19-21-7-16-26(28(31)18-21)22-8-4-20(5-9-22)6-10-24-13-17-27(30(33)29(24)32)23-11-14-25(34-2)15-12-23/h4-18H,3,19H2,1-2H3/b10-6+. The smallest absolute Gasteiger partial charge is 0.167 e. The molecule has 0 aliphatic heterocycles. The van der Waals surface area contributed by atoms with Crippen molar-refractivity contribution in [3.8, 4) is 28.0 Å². The fourth-order valence-electron chi connectivity index (χ4n) is 3.75. The highest BCUT2D eigenvalue weighted by molar-refractivity contribution is 5.74. The maximum atomic E-state index is 14.7. The van der Waals surface area contributed by atoms with Gasteiger partial charge in [0.25, 0.3) is 0 Å². The first kappa shape index (κ1) is 24.3. The fraction of sp³-hybridized carbons (Fsp3) is 0.133. The first-order valence-corrected chi connectivity index (χ1v) is 11.3. The summed E-state index contributed by atoms with van der Waals surface area (Å²) in [6.45, 7) is 2.83. The first-order valence-electron chi connectivity index (χ1n) is 11.3. The molecule has 0 amide bonds. The summed E-state index contributed by atoms with van der Waals surface area (Å²) in [5, 5.41) is 0. The molecule has 0 N–H and O–H groups in total. The van der Waals surface area contributed by atoms with Gasteiger partial charge < -0.3 is 9.47 Å². The van der Waals surface area contributed by atoms with Crippen LogP contribution in [0.3, 0.4) is 0 Å². The normalized spacial score (nSPS) is 11.2. The molecule has 0 aliphatic carbocycles. The molecule has 0 aromatic heterocycles. The molecule has 0 saturated heterocycles. The van der Waals surface area contributed by atoms with Crippen LogP contribution in [-0.2, 0) is 11.3 Å². The fourth-order valence-corrected chi connectivity index (χ4v) is 3.75. The van der Waals surface area contributed by atoms with E-state index in [0.29, 0.717) is 30.1 Å². The average Bonchev–Trinajstić information content (AvgIpc) is 2.89. The molecule has 4 rings (SSSR count). The molecule has 0 fully saturated rings. The van der Waals surface area contributed by atoms with Crippen molar-refractivity contribution in [2.24, 2.45) is 0 Å². The van der Waals surface area contributed by atoms with E-state index in [9.17, 15) is 13.2 Å². The molecule has 0 aliphatic rings. The number of hydrogen-bond acceptors (Lipinski definition) is 2. The van der Waals surface area contributed by atoms with Crippen LogP contribution >= 0.6 is 0 Å². The van der Waals surface area contributed by atoms with Crippen LogP contribution < -0.4 is 4.74 Å². The molecule has 0 radical (unpaired) electrons. The Morgan fingerprint density at radius 1 is 0.714 bits per heavy atom. The Balaban J connectivity index is 1.51. The molecule has 0 saturated carbocycles. The predicted octanol–water partition coefficient (Wildman–Crippen LogP) is 8.15. The summed E-state index contributed by atoms with van der Waals surface area (Å²) in [5.74, 6) is -1.50. The van der Waals surface area contributed by atoms with Gasteiger partial charge in [-0.3, -0.25) is 0 Å². The van der Waals surface area contributed by atoms with E-state index in [-0.39, 0.29) is 16.9 Å². The second kappa shape index (κ2) is 11.1. The third-order valence-corrected chi connectivity index (χ3v) is 5.70. The summed E-state index contributed by atoms with van der Waals surface area (Å²) in [6.07, 6.45) is 3.21. The molecule has 2 nitrogen and oxygen atoms in total. The van der Waals surface area contributed by atoms with Crippen molar-refractivity contribution in [3.63, 3.8) is 0 Å². The Hall–Kier alpha value is -3.83. The zero-order valence-electron chi connectivity index (χ0n) is 19.5. The first-order chi connectivity index (χ1) is 17.0. The molecule has 4 aromatic carbocycles. The minimum absolute atomic E-state index is 0.139. The third kappa shape index (κ3) is 5.64. The van der Waals surface area contributed by atoms with Crippen molar-refractivity contribution in [3.05, 3.63) is 113 Å². The van der Waals surface area contributed by atoms with E-state index in [4.69, 9.17) is 9.47 Å². The van der Waals surface area contributed by atoms with E-state index in [1.807, 2.05) is 13.0 Å². The van der Waals surface area contributed by atoms with E-state index in [2.05, 4.69) is 0 Å². The van der Waals surface area contributed by atoms with Gasteiger partial charge in [0.2, 0.25) is 0 Å². The van der Waals surface area contributed by atoms with Gasteiger partial charge in [-0.2, -0.15) is 0 Å². The Bertz CT molecular complexity index is 1330. The lowest BCUT2D eigenvalue weighted by Crippen LogP contribution is -1.94. The van der Waals surface area contributed by atoms with Gasteiger partial charge in [-0.25, -0.2) is 13.2 Å². The molecule has 0 bridgehead atoms. The molecule has 0 atom stereocenters. The number of benzene rings is 4. The largest absolute Gasteiger partial charge is 0.497 e. The molecule has 5 heteroatoms. The Labute approximate surface area is 203 Å². The van der Waals surface area contributed by atoms with Gasteiger partial charge in [-0.1, -0.05) is 72.8 Å². The number of rotatable bonds is 8. The Kier molecular flexibility index (Phi) is 7.68. The second-order valence-corrected chi connectivity index (χ2v) is 7.97. The zero-order valence-corrected chi connectivity index (χ0v) is 19.5. The maximum absolute atomic E-state index is 14.7. The van der Waals surface area contributed by atoms with Gasteiger partial charge in [0, 0.05) is 23.3 Å². The van der Waals surface area contributed by atoms with Crippen LogP contribution in [0.15, 0.2) is 78.9 Å². The van der Waals surface area contributed by atoms with E-state index >= 15 is 0 Å². The Morgan fingerprint density at radius 2 is 1.37 bits per heavy atom. The lowest BCUT2D eigenvalue weighted by Gasteiger charge is -2.08. The summed E-state index contributed by atoms with van der Waals surface area (Å²) >= 11 is 0. The zero-order chi connectivity index (χ0) is 24.8. The number of ether oxygens (including phenoxy) is 2. The number of halogens is 3. The van der Waals surface area contributed by atoms with Gasteiger partial charge in [-0.15, -0.1) is 0 Å². The van der Waals surface area contributed by atoms with E-state index in [1.54, 1.807) is 79.9 Å². The van der Waals surface area contributed by atoms with Gasteiger partial charge >= 0.3 is 0 Å². The van der Waals surface area contributed by atoms with E-state index in [0.717, 1.165) is 16.7 Å². The minimum atomic E-state index is -0.916. The molecule has 0 unspecified atom stereocenters. The van der Waals surface area contributed by atoms with Crippen molar-refractivity contribution in [2.45, 2.75) is 13.5 Å². The van der Waals surface area contributed by atoms with Crippen molar-refractivity contribution in [1.29, 1.82) is 0 Å². The maximum Gasteiger partial charge on any atom is 0.167 e. The van der Waals surface area contributed by atoms with Crippen LogP contribution in [0.4, 0.5) is 13.2 Å². The molecular weight excluding hydrogens is 449 g/mol. The molecule has 0 spiro atoms. The topological polar surface area (TPSA) is 18.5 Å². The van der Waals surface area contributed by atoms with Crippen molar-refractivity contribution in [1.82, 2.24) is 0 Å². The third-order valence-electron chi connectivity index (χ3n) is 5.70. The van der Waals surface area contributed by atoms with Crippen molar-refractivity contribution < 1.29 is 22.6 Å². The van der Waals surface area contributed by atoms with Crippen molar-refractivity contribution >= 4 is 12.2 Å². The highest BCUT2D eigenvalue weighted by atomic mass is 19.2. The molecular formula is C30H25F3O2. The van der Waals surface area contributed by atoms with Crippen LogP contribution in [-0.4, -0.2) is 13.7 Å². The van der Waals surface area contributed by atoms with Crippen molar-refractivity contribution in [2.75, 3.05) is 13.7 Å². The highest BCUT2D eigenvalue weighted by Gasteiger charge is 2.13. The average molecular weight is 475 g/mol. The predicted molar refractivity (Wildman–Crippen MR) is 134 cm³/mol. The van der Waals surface area contributed by atoms with Crippen LogP contribution in [0.25, 0.3) is 34.4 Å². The Morgan fingerprint density at radius 3 is 2.03 bits per heavy atom. The monoisotopic (exact) mass is 474 g/mol. The van der Waals surface area contributed by atoms with Crippen LogP contribution in [0.5, 0.6) is 5.75 Å². The summed E-state index contributed by atoms with van der Waals surface area (Å²) in [6, 6.07) is 22.1. The molecule has 178 valence electrons. The number of methoxy groups -OCH3 is 1. The van der Waals surface area contributed by atoms with Gasteiger partial charge in [0.05, 0.1) is 13.7 Å². The van der Waals surface area contributed by atoms with E-state index < -0.39 is 11.6 Å². The highest BCUT2D eigenvalue weighted by Crippen LogP contribution is 2.29. The summed E-state index contributed by atoms with van der Waals surface area (Å²) in [5.41, 5.74) is 3.65. The van der Waals surface area contributed by atoms with Crippen LogP contribution in [0.1, 0.15) is 23.6 Å². The van der Waals surface area contributed by atoms with Crippen LogP contribution in [0, 0.1) is 17.5 Å². The molecule has 4 aromatic rings. The van der Waals surface area contributed by atoms with Gasteiger partial charge in [-0.05, 0) is 47.4 Å². The second-order valence-electron chi connectivity index (χ2n) is 7.97. The van der Waals surface area contributed by atoms with Gasteiger partial charge in [0.15, 0.2) is 11.6 Å². The lowest BCUT2D eigenvalue weighted by atomic mass is 10.0. The molecule has 0 heterocycles. The SMILES string of the molecule is CCOCc1ccc(-c2ccc(/C=C/c3ccc(-c4ccc(OC)cc4)c(F)c3F)cc2)c(F)c1. The van der Waals surface area contributed by atoms with E-state index in [1.165, 1.54) is 12.1 Å². The molecule has 35 heavy (non-hydrogen) atoms. The van der Waals surface area contributed by atoms with Crippen LogP contribution in [0.2, 0.25) is 0 Å².